The van der Waals surface area contributed by atoms with Crippen molar-refractivity contribution in [2.45, 2.75) is 31.8 Å². The van der Waals surface area contributed by atoms with Crippen molar-refractivity contribution in [1.29, 1.82) is 0 Å². The fourth-order valence-electron chi connectivity index (χ4n) is 3.10. The van der Waals surface area contributed by atoms with Crippen LogP contribution in [-0.4, -0.2) is 54.0 Å². The summed E-state index contributed by atoms with van der Waals surface area (Å²) in [6, 6.07) is 8.11. The molecule has 4 nitrogen and oxygen atoms in total. The van der Waals surface area contributed by atoms with E-state index in [1.165, 1.54) is 5.56 Å². The highest BCUT2D eigenvalue weighted by Gasteiger charge is 2.37. The van der Waals surface area contributed by atoms with Crippen LogP contribution in [0.2, 0.25) is 0 Å². The minimum absolute atomic E-state index is 0.0549. The first kappa shape index (κ1) is 13.4. The average molecular weight is 273 g/mol. The smallest absolute Gasteiger partial charge is 0.245 e. The molecule has 1 aromatic carbocycles. The molecule has 0 unspecified atom stereocenters. The number of nitrogens with one attached hydrogen (secondary N) is 1. The van der Waals surface area contributed by atoms with E-state index in [0.717, 1.165) is 31.7 Å². The molecule has 2 heterocycles. The first-order valence-corrected chi connectivity index (χ1v) is 7.32. The summed E-state index contributed by atoms with van der Waals surface area (Å²) >= 11 is 0. The first-order valence-electron chi connectivity index (χ1n) is 7.32. The van der Waals surface area contributed by atoms with Gasteiger partial charge in [0, 0.05) is 37.3 Å². The van der Waals surface area contributed by atoms with Crippen molar-refractivity contribution in [2.75, 3.05) is 32.0 Å². The minimum atomic E-state index is -0.0911. The van der Waals surface area contributed by atoms with Gasteiger partial charge in [-0.2, -0.15) is 0 Å². The van der Waals surface area contributed by atoms with Crippen LogP contribution in [0.4, 0.5) is 5.69 Å². The highest BCUT2D eigenvalue weighted by atomic mass is 16.2. The number of hydrogen-bond donors (Lipinski definition) is 1. The Hall–Kier alpha value is -1.55. The quantitative estimate of drug-likeness (QED) is 0.844. The van der Waals surface area contributed by atoms with Crippen molar-refractivity contribution in [1.82, 2.24) is 9.80 Å². The van der Waals surface area contributed by atoms with Gasteiger partial charge in [-0.3, -0.25) is 9.69 Å². The van der Waals surface area contributed by atoms with Gasteiger partial charge in [0.2, 0.25) is 5.91 Å². The summed E-state index contributed by atoms with van der Waals surface area (Å²) in [6.45, 7) is 6.97. The van der Waals surface area contributed by atoms with E-state index < -0.39 is 0 Å². The van der Waals surface area contributed by atoms with Crippen LogP contribution in [0.5, 0.6) is 0 Å². The van der Waals surface area contributed by atoms with Crippen LogP contribution in [0.3, 0.4) is 0 Å². The maximum Gasteiger partial charge on any atom is 0.245 e. The van der Waals surface area contributed by atoms with Crippen molar-refractivity contribution in [3.63, 3.8) is 0 Å². The maximum absolute atomic E-state index is 12.7. The number of hydrogen-bond acceptors (Lipinski definition) is 3. The summed E-state index contributed by atoms with van der Waals surface area (Å²) in [4.78, 5) is 17.1. The van der Waals surface area contributed by atoms with E-state index in [4.69, 9.17) is 0 Å². The zero-order valence-electron chi connectivity index (χ0n) is 12.5. The lowest BCUT2D eigenvalue weighted by atomic mass is 9.99. The summed E-state index contributed by atoms with van der Waals surface area (Å²) in [7, 11) is 2.13. The van der Waals surface area contributed by atoms with E-state index in [0.29, 0.717) is 0 Å². The van der Waals surface area contributed by atoms with Gasteiger partial charge in [-0.15, -0.1) is 0 Å². The lowest BCUT2D eigenvalue weighted by Crippen LogP contribution is -2.60. The van der Waals surface area contributed by atoms with E-state index in [1.54, 1.807) is 0 Å². The molecule has 108 valence electrons. The summed E-state index contributed by atoms with van der Waals surface area (Å²) in [5.74, 6) is 0.238. The number of benzene rings is 1. The van der Waals surface area contributed by atoms with Crippen LogP contribution in [-0.2, 0) is 11.2 Å². The molecule has 0 bridgehead atoms. The van der Waals surface area contributed by atoms with Gasteiger partial charge in [0.15, 0.2) is 0 Å². The van der Waals surface area contributed by atoms with Gasteiger partial charge in [0.05, 0.1) is 0 Å². The Balaban J connectivity index is 1.69. The Morgan fingerprint density at radius 1 is 1.30 bits per heavy atom. The van der Waals surface area contributed by atoms with E-state index in [9.17, 15) is 4.79 Å². The Kier molecular flexibility index (Phi) is 3.21. The van der Waals surface area contributed by atoms with E-state index in [1.807, 2.05) is 17.0 Å². The van der Waals surface area contributed by atoms with Crippen LogP contribution < -0.4 is 5.32 Å². The third-order valence-electron chi connectivity index (χ3n) is 4.70. The number of nitrogens with zero attached hydrogens (tertiary/aromatic N) is 2. The number of fused-ring (bicyclic) bond motifs is 1. The number of piperazine rings is 1. The van der Waals surface area contributed by atoms with Crippen LogP contribution in [0.25, 0.3) is 0 Å². The van der Waals surface area contributed by atoms with Crippen molar-refractivity contribution in [2.24, 2.45) is 0 Å². The fourth-order valence-corrected chi connectivity index (χ4v) is 3.10. The standard InChI is InChI=1S/C16H23N3O/c1-16(2)11-19(9-8-18(16)3)15(20)14-10-12-6-4-5-7-13(12)17-14/h4-7,14,17H,8-11H2,1-3H3/t14-/m0/s1. The van der Waals surface area contributed by atoms with Gasteiger partial charge in [-0.1, -0.05) is 18.2 Å². The molecule has 2 aliphatic heterocycles. The van der Waals surface area contributed by atoms with E-state index in [2.05, 4.69) is 43.2 Å². The predicted octanol–water partition coefficient (Wildman–Crippen LogP) is 1.58. The molecule has 1 aromatic rings. The van der Waals surface area contributed by atoms with Crippen LogP contribution >= 0.6 is 0 Å². The van der Waals surface area contributed by atoms with Gasteiger partial charge in [0.25, 0.3) is 0 Å². The van der Waals surface area contributed by atoms with Gasteiger partial charge < -0.3 is 10.2 Å². The Morgan fingerprint density at radius 3 is 2.75 bits per heavy atom. The molecule has 1 fully saturated rings. The minimum Gasteiger partial charge on any atom is -0.373 e. The van der Waals surface area contributed by atoms with Gasteiger partial charge in [-0.25, -0.2) is 0 Å². The number of carbonyl (C=O) groups is 1. The number of para-hydroxylation sites is 1. The second-order valence-corrected chi connectivity index (χ2v) is 6.55. The molecule has 2 aliphatic rings. The van der Waals surface area contributed by atoms with Gasteiger partial charge in [-0.05, 0) is 32.5 Å². The molecule has 0 spiro atoms. The summed E-state index contributed by atoms with van der Waals surface area (Å²) < 4.78 is 0. The molecular weight excluding hydrogens is 250 g/mol. The number of likely N-dealkylation sites (N-methyl/N-ethyl adjacent to an activating group) is 1. The normalized spacial score (nSPS) is 25.1. The van der Waals surface area contributed by atoms with E-state index >= 15 is 0 Å². The van der Waals surface area contributed by atoms with Gasteiger partial charge >= 0.3 is 0 Å². The lowest BCUT2D eigenvalue weighted by molar-refractivity contribution is -0.136. The Bertz CT molecular complexity index is 501. The van der Waals surface area contributed by atoms with Crippen molar-refractivity contribution >= 4 is 11.6 Å². The third kappa shape index (κ3) is 2.29. The van der Waals surface area contributed by atoms with Crippen LogP contribution in [0.1, 0.15) is 19.4 Å². The predicted molar refractivity (Wildman–Crippen MR) is 80.8 cm³/mol. The number of amides is 1. The van der Waals surface area contributed by atoms with E-state index in [-0.39, 0.29) is 17.5 Å². The molecule has 4 heteroatoms. The molecule has 1 saturated heterocycles. The van der Waals surface area contributed by atoms with Crippen LogP contribution in [0, 0.1) is 0 Å². The molecule has 1 N–H and O–H groups in total. The fraction of sp³-hybridized carbons (Fsp3) is 0.562. The average Bonchev–Trinajstić information content (AvgIpc) is 2.84. The molecule has 1 amide bonds. The summed E-state index contributed by atoms with van der Waals surface area (Å²) in [6.07, 6.45) is 0.807. The third-order valence-corrected chi connectivity index (χ3v) is 4.70. The zero-order valence-corrected chi connectivity index (χ0v) is 12.5. The molecule has 1 atom stereocenters. The van der Waals surface area contributed by atoms with Crippen LogP contribution in [0.15, 0.2) is 24.3 Å². The van der Waals surface area contributed by atoms with Crippen molar-refractivity contribution < 1.29 is 4.79 Å². The summed E-state index contributed by atoms with van der Waals surface area (Å²) in [5.41, 5.74) is 2.41. The second-order valence-electron chi connectivity index (χ2n) is 6.55. The number of rotatable bonds is 1. The SMILES string of the molecule is CN1CCN(C(=O)[C@@H]2Cc3ccccc3N2)CC1(C)C. The largest absolute Gasteiger partial charge is 0.373 e. The molecule has 0 saturated carbocycles. The molecule has 0 radical (unpaired) electrons. The van der Waals surface area contributed by atoms with Crippen molar-refractivity contribution in [3.8, 4) is 0 Å². The lowest BCUT2D eigenvalue weighted by Gasteiger charge is -2.45. The molecule has 3 rings (SSSR count). The zero-order chi connectivity index (χ0) is 14.3. The van der Waals surface area contributed by atoms with Crippen molar-refractivity contribution in [3.05, 3.63) is 29.8 Å². The molecule has 20 heavy (non-hydrogen) atoms. The Labute approximate surface area is 120 Å². The molecule has 0 aliphatic carbocycles. The second kappa shape index (κ2) is 4.77. The topological polar surface area (TPSA) is 35.6 Å². The molecular formula is C16H23N3O. The Morgan fingerprint density at radius 2 is 2.05 bits per heavy atom. The maximum atomic E-state index is 12.7. The first-order chi connectivity index (χ1) is 9.47. The number of anilines is 1. The summed E-state index contributed by atoms with van der Waals surface area (Å²) in [5, 5.41) is 3.37. The highest BCUT2D eigenvalue weighted by molar-refractivity contribution is 5.87. The monoisotopic (exact) mass is 273 g/mol. The number of carbonyl (C=O) groups excluding carboxylic acids is 1. The highest BCUT2D eigenvalue weighted by Crippen LogP contribution is 2.27. The van der Waals surface area contributed by atoms with Gasteiger partial charge in [0.1, 0.15) is 6.04 Å². The molecule has 0 aromatic heterocycles.